The maximum absolute atomic E-state index is 12.4. The molecule has 0 rings (SSSR count). The Morgan fingerprint density at radius 1 is 1.35 bits per heavy atom. The van der Waals surface area contributed by atoms with Crippen LogP contribution in [0.1, 0.15) is 27.2 Å². The third-order valence-electron chi connectivity index (χ3n) is 2.59. The van der Waals surface area contributed by atoms with Crippen LogP contribution in [0, 0.1) is 0 Å². The maximum Gasteiger partial charge on any atom is 0.323 e. The van der Waals surface area contributed by atoms with Crippen LogP contribution in [0.5, 0.6) is 0 Å². The summed E-state index contributed by atoms with van der Waals surface area (Å²) in [6, 6.07) is -1.60. The molecule has 0 spiro atoms. The molecule has 3 amide bonds. The zero-order valence-electron chi connectivity index (χ0n) is 12.3. The number of primary amides is 1. The number of thioether (sulfide) groups is 1. The highest BCUT2D eigenvalue weighted by molar-refractivity contribution is 7.98. The molecule has 0 saturated heterocycles. The molecule has 4 N–H and O–H groups in total. The Hall–Kier alpha value is -1.44. The van der Waals surface area contributed by atoms with Gasteiger partial charge in [-0.3, -0.25) is 9.59 Å². The van der Waals surface area contributed by atoms with Crippen LogP contribution in [0.25, 0.3) is 0 Å². The molecule has 1 unspecified atom stereocenters. The second-order valence-electron chi connectivity index (χ2n) is 5.33. The summed E-state index contributed by atoms with van der Waals surface area (Å²) in [5, 5.41) is 11.3. The summed E-state index contributed by atoms with van der Waals surface area (Å²) in [5.41, 5.74) is 4.41. The van der Waals surface area contributed by atoms with Gasteiger partial charge in [0.15, 0.2) is 0 Å². The Morgan fingerprint density at radius 2 is 1.90 bits per heavy atom. The summed E-state index contributed by atoms with van der Waals surface area (Å²) < 4.78 is 0. The lowest BCUT2D eigenvalue weighted by atomic mass is 10.0. The van der Waals surface area contributed by atoms with E-state index in [4.69, 9.17) is 10.8 Å². The topological polar surface area (TPSA) is 113 Å². The van der Waals surface area contributed by atoms with Crippen molar-refractivity contribution < 1.29 is 19.5 Å². The molecule has 1 atom stereocenters. The number of carboxylic acid groups (broad SMARTS) is 1. The maximum atomic E-state index is 12.4. The summed E-state index contributed by atoms with van der Waals surface area (Å²) in [4.78, 5) is 35.6. The Labute approximate surface area is 123 Å². The third kappa shape index (κ3) is 6.65. The molecule has 0 saturated carbocycles. The van der Waals surface area contributed by atoms with E-state index in [2.05, 4.69) is 5.32 Å². The molecule has 0 bridgehead atoms. The summed E-state index contributed by atoms with van der Waals surface area (Å²) in [7, 11) is 0. The van der Waals surface area contributed by atoms with Gasteiger partial charge >= 0.3 is 12.0 Å². The second-order valence-corrected chi connectivity index (χ2v) is 6.32. The van der Waals surface area contributed by atoms with Gasteiger partial charge in [0.1, 0.15) is 12.6 Å². The van der Waals surface area contributed by atoms with E-state index in [0.717, 1.165) is 0 Å². The van der Waals surface area contributed by atoms with Gasteiger partial charge < -0.3 is 21.1 Å². The Balaban J connectivity index is 5.12. The van der Waals surface area contributed by atoms with Crippen molar-refractivity contribution in [2.75, 3.05) is 18.6 Å². The first kappa shape index (κ1) is 18.6. The van der Waals surface area contributed by atoms with E-state index in [9.17, 15) is 14.4 Å². The molecule has 0 radical (unpaired) electrons. The largest absolute Gasteiger partial charge is 0.480 e. The highest BCUT2D eigenvalue weighted by atomic mass is 32.2. The average Bonchev–Trinajstić information content (AvgIpc) is 2.28. The lowest BCUT2D eigenvalue weighted by molar-refractivity contribution is -0.149. The summed E-state index contributed by atoms with van der Waals surface area (Å²) in [5.74, 6) is -0.884. The number of carbonyl (C=O) groups excluding carboxylic acids is 2. The van der Waals surface area contributed by atoms with Crippen molar-refractivity contribution in [3.8, 4) is 0 Å². The van der Waals surface area contributed by atoms with E-state index in [1.54, 1.807) is 20.8 Å². The van der Waals surface area contributed by atoms with Gasteiger partial charge in [-0.05, 0) is 39.2 Å². The van der Waals surface area contributed by atoms with Crippen LogP contribution in [0.2, 0.25) is 0 Å². The molecule has 20 heavy (non-hydrogen) atoms. The van der Waals surface area contributed by atoms with Gasteiger partial charge in [-0.25, -0.2) is 4.79 Å². The van der Waals surface area contributed by atoms with Crippen molar-refractivity contribution in [3.63, 3.8) is 0 Å². The quantitative estimate of drug-likeness (QED) is 0.633. The monoisotopic (exact) mass is 305 g/mol. The van der Waals surface area contributed by atoms with E-state index in [-0.39, 0.29) is 0 Å². The van der Waals surface area contributed by atoms with Gasteiger partial charge in [0.05, 0.1) is 0 Å². The fourth-order valence-electron chi connectivity index (χ4n) is 1.63. The zero-order chi connectivity index (χ0) is 15.9. The summed E-state index contributed by atoms with van der Waals surface area (Å²) in [6.45, 7) is 4.80. The normalized spacial score (nSPS) is 12.6. The first-order valence-electron chi connectivity index (χ1n) is 6.17. The van der Waals surface area contributed by atoms with Crippen LogP contribution in [-0.4, -0.2) is 58.0 Å². The lowest BCUT2D eigenvalue weighted by Crippen LogP contribution is -2.56. The fourth-order valence-corrected chi connectivity index (χ4v) is 2.11. The van der Waals surface area contributed by atoms with Gasteiger partial charge in [-0.2, -0.15) is 11.8 Å². The van der Waals surface area contributed by atoms with Crippen molar-refractivity contribution in [3.05, 3.63) is 0 Å². The van der Waals surface area contributed by atoms with Crippen molar-refractivity contribution in [2.45, 2.75) is 38.8 Å². The molecule has 0 aromatic carbocycles. The molecular formula is C12H23N3O4S. The van der Waals surface area contributed by atoms with Gasteiger partial charge in [0.25, 0.3) is 0 Å². The minimum Gasteiger partial charge on any atom is -0.480 e. The summed E-state index contributed by atoms with van der Waals surface area (Å²) in [6.07, 6.45) is 2.28. The Morgan fingerprint density at radius 3 is 2.25 bits per heavy atom. The fraction of sp³-hybridized carbons (Fsp3) is 0.750. The standard InChI is InChI=1S/C12H23N3O4S/c1-12(2,3)15(7-9(16)17)10(18)8(5-6-20-4)14-11(13)19/h8H,5-7H2,1-4H3,(H,16,17)(H3,13,14,19). The lowest BCUT2D eigenvalue weighted by Gasteiger charge is -2.36. The molecule has 0 fully saturated rings. The van der Waals surface area contributed by atoms with E-state index < -0.39 is 36.0 Å². The number of hydrogen-bond donors (Lipinski definition) is 3. The first-order chi connectivity index (χ1) is 9.09. The Bertz CT molecular complexity index is 368. The van der Waals surface area contributed by atoms with E-state index in [1.807, 2.05) is 6.26 Å². The number of aliphatic carboxylic acids is 1. The Kier molecular flexibility index (Phi) is 7.41. The van der Waals surface area contributed by atoms with Gasteiger partial charge in [-0.15, -0.1) is 0 Å². The van der Waals surface area contributed by atoms with Crippen LogP contribution in [0.15, 0.2) is 0 Å². The van der Waals surface area contributed by atoms with Gasteiger partial charge in [0, 0.05) is 5.54 Å². The minimum atomic E-state index is -1.10. The molecule has 0 aliphatic carbocycles. The average molecular weight is 305 g/mol. The van der Waals surface area contributed by atoms with Crippen molar-refractivity contribution in [1.82, 2.24) is 10.2 Å². The number of carbonyl (C=O) groups is 3. The van der Waals surface area contributed by atoms with E-state index >= 15 is 0 Å². The SMILES string of the molecule is CSCCC(NC(N)=O)C(=O)N(CC(=O)O)C(C)(C)C. The van der Waals surface area contributed by atoms with Crippen molar-refractivity contribution in [2.24, 2.45) is 5.73 Å². The molecule has 8 heteroatoms. The highest BCUT2D eigenvalue weighted by Crippen LogP contribution is 2.16. The molecule has 0 heterocycles. The molecule has 116 valence electrons. The van der Waals surface area contributed by atoms with Crippen LogP contribution in [0.4, 0.5) is 4.79 Å². The predicted octanol–water partition coefficient (Wildman–Crippen LogP) is 0.488. The highest BCUT2D eigenvalue weighted by Gasteiger charge is 2.33. The molecule has 0 aromatic heterocycles. The van der Waals surface area contributed by atoms with Crippen LogP contribution in [0.3, 0.4) is 0 Å². The number of amides is 3. The molecule has 7 nitrogen and oxygen atoms in total. The third-order valence-corrected chi connectivity index (χ3v) is 3.24. The van der Waals surface area contributed by atoms with Crippen LogP contribution < -0.4 is 11.1 Å². The van der Waals surface area contributed by atoms with Crippen molar-refractivity contribution >= 4 is 29.7 Å². The number of nitrogens with one attached hydrogen (secondary N) is 1. The van der Waals surface area contributed by atoms with Crippen LogP contribution >= 0.6 is 11.8 Å². The number of nitrogens with two attached hydrogens (primary N) is 1. The number of urea groups is 1. The van der Waals surface area contributed by atoms with Gasteiger partial charge in [-0.1, -0.05) is 0 Å². The number of hydrogen-bond acceptors (Lipinski definition) is 4. The van der Waals surface area contributed by atoms with Crippen molar-refractivity contribution in [1.29, 1.82) is 0 Å². The number of rotatable bonds is 7. The molecule has 0 aliphatic rings. The van der Waals surface area contributed by atoms with E-state index in [1.165, 1.54) is 16.7 Å². The number of nitrogens with zero attached hydrogens (tertiary/aromatic N) is 1. The predicted molar refractivity (Wildman–Crippen MR) is 78.6 cm³/mol. The first-order valence-corrected chi connectivity index (χ1v) is 7.57. The van der Waals surface area contributed by atoms with Crippen LogP contribution in [-0.2, 0) is 9.59 Å². The smallest absolute Gasteiger partial charge is 0.323 e. The minimum absolute atomic E-state index is 0.398. The van der Waals surface area contributed by atoms with Gasteiger partial charge in [0.2, 0.25) is 5.91 Å². The summed E-state index contributed by atoms with van der Waals surface area (Å²) >= 11 is 1.53. The van der Waals surface area contributed by atoms with E-state index in [0.29, 0.717) is 12.2 Å². The molecule has 0 aliphatic heterocycles. The number of carboxylic acids is 1. The second kappa shape index (κ2) is 7.98. The molecule has 0 aromatic rings. The molecular weight excluding hydrogens is 282 g/mol. The zero-order valence-corrected chi connectivity index (χ0v) is 13.1.